The number of nitrogens with zero attached hydrogens (tertiary/aromatic N) is 4. The van der Waals surface area contributed by atoms with Crippen LogP contribution in [-0.2, 0) is 6.42 Å². The van der Waals surface area contributed by atoms with E-state index in [0.717, 1.165) is 12.1 Å². The Labute approximate surface area is 93.2 Å². The summed E-state index contributed by atoms with van der Waals surface area (Å²) in [6.45, 7) is 2.40. The minimum Gasteiger partial charge on any atom is -0.298 e. The summed E-state index contributed by atoms with van der Waals surface area (Å²) in [7, 11) is 1.71. The van der Waals surface area contributed by atoms with Gasteiger partial charge < -0.3 is 0 Å². The maximum absolute atomic E-state index is 13.4. The lowest BCUT2D eigenvalue weighted by Gasteiger charge is -2.35. The molecule has 1 aromatic heterocycles. The molecule has 1 aliphatic heterocycles. The van der Waals surface area contributed by atoms with Crippen LogP contribution in [0.3, 0.4) is 0 Å². The second kappa shape index (κ2) is 4.08. The van der Waals surface area contributed by atoms with E-state index in [9.17, 15) is 8.78 Å². The van der Waals surface area contributed by atoms with Gasteiger partial charge in [-0.25, -0.2) is 13.5 Å². The average molecular weight is 230 g/mol. The Morgan fingerprint density at radius 2 is 2.31 bits per heavy atom. The highest BCUT2D eigenvalue weighted by atomic mass is 19.3. The molecule has 1 atom stereocenters. The summed E-state index contributed by atoms with van der Waals surface area (Å²) in [5.74, 6) is -2.63. The highest BCUT2D eigenvalue weighted by Crippen LogP contribution is 2.31. The summed E-state index contributed by atoms with van der Waals surface area (Å²) in [4.78, 5) is 1.64. The first kappa shape index (κ1) is 11.4. The molecule has 2 rings (SSSR count). The van der Waals surface area contributed by atoms with Crippen molar-refractivity contribution in [2.45, 2.75) is 31.7 Å². The number of likely N-dealkylation sites (tertiary alicyclic amines) is 1. The van der Waals surface area contributed by atoms with E-state index in [-0.39, 0.29) is 19.0 Å². The number of piperidine rings is 1. The molecular weight excluding hydrogens is 214 g/mol. The maximum atomic E-state index is 13.4. The minimum absolute atomic E-state index is 0.149. The van der Waals surface area contributed by atoms with Crippen LogP contribution in [-0.4, -0.2) is 46.0 Å². The minimum atomic E-state index is -2.63. The van der Waals surface area contributed by atoms with E-state index in [2.05, 4.69) is 10.3 Å². The Balaban J connectivity index is 2.14. The van der Waals surface area contributed by atoms with Gasteiger partial charge in [0.25, 0.3) is 5.92 Å². The van der Waals surface area contributed by atoms with Gasteiger partial charge in [0.05, 0.1) is 18.3 Å². The van der Waals surface area contributed by atoms with Crippen LogP contribution in [0, 0.1) is 0 Å². The van der Waals surface area contributed by atoms with Crippen LogP contribution in [0.4, 0.5) is 8.78 Å². The summed E-state index contributed by atoms with van der Waals surface area (Å²) in [5, 5.41) is 7.85. The number of halogens is 2. The van der Waals surface area contributed by atoms with Crippen molar-refractivity contribution in [1.29, 1.82) is 0 Å². The van der Waals surface area contributed by atoms with Gasteiger partial charge in [-0.1, -0.05) is 12.1 Å². The molecule has 6 heteroatoms. The highest BCUT2D eigenvalue weighted by molar-refractivity contribution is 4.95. The monoisotopic (exact) mass is 230 g/mol. The first-order chi connectivity index (χ1) is 7.50. The van der Waals surface area contributed by atoms with Crippen molar-refractivity contribution in [1.82, 2.24) is 19.9 Å². The molecule has 1 aromatic rings. The molecule has 90 valence electrons. The smallest absolute Gasteiger partial charge is 0.262 e. The van der Waals surface area contributed by atoms with Crippen molar-refractivity contribution in [3.8, 4) is 0 Å². The molecule has 2 heterocycles. The number of rotatable bonds is 2. The summed E-state index contributed by atoms with van der Waals surface area (Å²) in [6, 6.07) is -0.276. The lowest BCUT2D eigenvalue weighted by Crippen LogP contribution is -2.45. The van der Waals surface area contributed by atoms with Gasteiger partial charge in [0, 0.05) is 19.2 Å². The molecule has 0 radical (unpaired) electrons. The van der Waals surface area contributed by atoms with Crippen molar-refractivity contribution < 1.29 is 8.78 Å². The second-order valence-electron chi connectivity index (χ2n) is 4.45. The molecule has 1 fully saturated rings. The molecule has 0 aliphatic carbocycles. The molecule has 0 aromatic carbocycles. The van der Waals surface area contributed by atoms with Crippen molar-refractivity contribution in [3.05, 3.63) is 11.9 Å². The summed E-state index contributed by atoms with van der Waals surface area (Å²) < 4.78 is 28.3. The second-order valence-corrected chi connectivity index (χ2v) is 4.45. The average Bonchev–Trinajstić information content (AvgIpc) is 2.62. The van der Waals surface area contributed by atoms with Crippen LogP contribution in [0.5, 0.6) is 0 Å². The fourth-order valence-corrected chi connectivity index (χ4v) is 2.12. The number of aromatic nitrogens is 3. The van der Waals surface area contributed by atoms with E-state index < -0.39 is 5.92 Å². The molecule has 1 aliphatic rings. The predicted molar refractivity (Wildman–Crippen MR) is 55.5 cm³/mol. The van der Waals surface area contributed by atoms with E-state index in [1.807, 2.05) is 6.92 Å². The summed E-state index contributed by atoms with van der Waals surface area (Å²) >= 11 is 0. The van der Waals surface area contributed by atoms with E-state index >= 15 is 0 Å². The topological polar surface area (TPSA) is 34.0 Å². The molecule has 0 N–H and O–H groups in total. The maximum Gasteiger partial charge on any atom is 0.262 e. The fraction of sp³-hybridized carbons (Fsp3) is 0.800. The molecule has 0 amide bonds. The van der Waals surface area contributed by atoms with Gasteiger partial charge in [0.2, 0.25) is 0 Å². The molecule has 16 heavy (non-hydrogen) atoms. The van der Waals surface area contributed by atoms with Gasteiger partial charge in [-0.05, 0) is 13.5 Å². The van der Waals surface area contributed by atoms with Crippen LogP contribution in [0.25, 0.3) is 0 Å². The van der Waals surface area contributed by atoms with Crippen LogP contribution in [0.1, 0.15) is 25.1 Å². The molecule has 0 saturated carbocycles. The number of likely N-dealkylation sites (N-methyl/N-ethyl adjacent to an activating group) is 1. The third-order valence-electron chi connectivity index (χ3n) is 2.85. The van der Waals surface area contributed by atoms with Gasteiger partial charge in [-0.3, -0.25) is 4.90 Å². The zero-order chi connectivity index (χ0) is 11.8. The van der Waals surface area contributed by atoms with Crippen LogP contribution >= 0.6 is 0 Å². The Kier molecular flexibility index (Phi) is 2.92. The zero-order valence-corrected chi connectivity index (χ0v) is 9.53. The predicted octanol–water partition coefficient (Wildman–Crippen LogP) is 1.35. The molecule has 1 unspecified atom stereocenters. The standard InChI is InChI=1S/C10H16F2N4/c1-3-8-5-16(14-13-8)9-4-10(11,12)7-15(2)6-9/h5,9H,3-4,6-7H2,1-2H3. The Hall–Kier alpha value is -1.04. The van der Waals surface area contributed by atoms with Crippen LogP contribution in [0.2, 0.25) is 0 Å². The van der Waals surface area contributed by atoms with Crippen molar-refractivity contribution in [3.63, 3.8) is 0 Å². The molecule has 4 nitrogen and oxygen atoms in total. The lowest BCUT2D eigenvalue weighted by molar-refractivity contribution is -0.0763. The van der Waals surface area contributed by atoms with E-state index in [1.54, 1.807) is 22.8 Å². The number of hydrogen-bond donors (Lipinski definition) is 0. The van der Waals surface area contributed by atoms with Crippen LogP contribution in [0.15, 0.2) is 6.20 Å². The van der Waals surface area contributed by atoms with E-state index in [4.69, 9.17) is 0 Å². The van der Waals surface area contributed by atoms with Gasteiger partial charge in [-0.2, -0.15) is 0 Å². The number of alkyl halides is 2. The van der Waals surface area contributed by atoms with Crippen molar-refractivity contribution in [2.24, 2.45) is 0 Å². The quantitative estimate of drug-likeness (QED) is 0.769. The van der Waals surface area contributed by atoms with Gasteiger partial charge >= 0.3 is 0 Å². The molecule has 0 spiro atoms. The molecule has 0 bridgehead atoms. The third-order valence-corrected chi connectivity index (χ3v) is 2.85. The Bertz CT molecular complexity index is 363. The normalized spacial score (nSPS) is 25.9. The fourth-order valence-electron chi connectivity index (χ4n) is 2.12. The van der Waals surface area contributed by atoms with Crippen LogP contribution < -0.4 is 0 Å². The SMILES string of the molecule is CCc1cn(C2CN(C)CC(F)(F)C2)nn1. The lowest BCUT2D eigenvalue weighted by atomic mass is 10.0. The Morgan fingerprint density at radius 1 is 1.56 bits per heavy atom. The van der Waals surface area contributed by atoms with Crippen molar-refractivity contribution in [2.75, 3.05) is 20.1 Å². The van der Waals surface area contributed by atoms with Crippen molar-refractivity contribution >= 4 is 0 Å². The largest absolute Gasteiger partial charge is 0.298 e. The van der Waals surface area contributed by atoms with E-state index in [0.29, 0.717) is 6.54 Å². The van der Waals surface area contributed by atoms with E-state index in [1.165, 1.54) is 0 Å². The first-order valence-electron chi connectivity index (χ1n) is 5.47. The van der Waals surface area contributed by atoms with Gasteiger partial charge in [0.15, 0.2) is 0 Å². The van der Waals surface area contributed by atoms with Gasteiger partial charge in [0.1, 0.15) is 0 Å². The summed E-state index contributed by atoms with van der Waals surface area (Å²) in [5.41, 5.74) is 0.844. The number of hydrogen-bond acceptors (Lipinski definition) is 3. The first-order valence-corrected chi connectivity index (χ1v) is 5.47. The number of aryl methyl sites for hydroxylation is 1. The summed E-state index contributed by atoms with van der Waals surface area (Å²) in [6.07, 6.45) is 2.39. The third kappa shape index (κ3) is 2.37. The van der Waals surface area contributed by atoms with Gasteiger partial charge in [-0.15, -0.1) is 5.10 Å². The molecule has 1 saturated heterocycles. The molecular formula is C10H16F2N4. The highest BCUT2D eigenvalue weighted by Gasteiger charge is 2.40. The Morgan fingerprint density at radius 3 is 2.88 bits per heavy atom. The zero-order valence-electron chi connectivity index (χ0n) is 9.53.